The summed E-state index contributed by atoms with van der Waals surface area (Å²) < 4.78 is 2.08. The van der Waals surface area contributed by atoms with E-state index in [4.69, 9.17) is 0 Å². The third kappa shape index (κ3) is 1.87. The zero-order valence-electron chi connectivity index (χ0n) is 10.4. The van der Waals surface area contributed by atoms with E-state index >= 15 is 0 Å². The lowest BCUT2D eigenvalue weighted by Crippen LogP contribution is -2.20. The van der Waals surface area contributed by atoms with Gasteiger partial charge in [0, 0.05) is 30.9 Å². The van der Waals surface area contributed by atoms with Gasteiger partial charge in [0.1, 0.15) is 11.8 Å². The first-order valence-corrected chi connectivity index (χ1v) is 7.13. The molecule has 0 spiro atoms. The first-order valence-electron chi connectivity index (χ1n) is 6.16. The summed E-state index contributed by atoms with van der Waals surface area (Å²) >= 11 is 2.29. The molecule has 1 aliphatic heterocycles. The monoisotopic (exact) mass is 357 g/mol. The van der Waals surface area contributed by atoms with Gasteiger partial charge in [-0.15, -0.1) is 0 Å². The fourth-order valence-electron chi connectivity index (χ4n) is 2.65. The minimum absolute atomic E-state index is 0.415. The van der Waals surface area contributed by atoms with Crippen LogP contribution in [0, 0.1) is 0 Å². The lowest BCUT2D eigenvalue weighted by atomic mass is 10.1. The zero-order valence-corrected chi connectivity index (χ0v) is 12.6. The molecule has 18 heavy (non-hydrogen) atoms. The van der Waals surface area contributed by atoms with Crippen molar-refractivity contribution in [3.05, 3.63) is 18.1 Å². The van der Waals surface area contributed by atoms with Crippen LogP contribution in [0.25, 0.3) is 11.0 Å². The van der Waals surface area contributed by atoms with Crippen LogP contribution in [0.5, 0.6) is 0 Å². The van der Waals surface area contributed by atoms with Crippen LogP contribution in [0.3, 0.4) is 0 Å². The number of hydrogen-bond donors (Lipinski definition) is 2. The van der Waals surface area contributed by atoms with E-state index in [1.54, 1.807) is 6.33 Å². The summed E-state index contributed by atoms with van der Waals surface area (Å²) in [6.45, 7) is 2.23. The van der Waals surface area contributed by atoms with E-state index in [2.05, 4.69) is 59.4 Å². The Balaban J connectivity index is 2.14. The number of hydrogen-bond acceptors (Lipinski definition) is 4. The third-order valence-corrected chi connectivity index (χ3v) is 4.31. The van der Waals surface area contributed by atoms with Crippen LogP contribution < -0.4 is 10.6 Å². The van der Waals surface area contributed by atoms with Crippen LogP contribution in [0.4, 0.5) is 5.82 Å². The predicted molar refractivity (Wildman–Crippen MR) is 81.1 cm³/mol. The normalized spacial score (nSPS) is 23.7. The Labute approximate surface area is 120 Å². The second kappa shape index (κ2) is 4.65. The second-order valence-corrected chi connectivity index (χ2v) is 5.80. The van der Waals surface area contributed by atoms with Crippen molar-refractivity contribution in [1.82, 2.24) is 18.1 Å². The van der Waals surface area contributed by atoms with Gasteiger partial charge in [0.05, 0.1) is 28.4 Å². The summed E-state index contributed by atoms with van der Waals surface area (Å²) in [5.41, 5.74) is 3.40. The summed E-state index contributed by atoms with van der Waals surface area (Å²) in [4.78, 5) is 8.74. The van der Waals surface area contributed by atoms with E-state index in [0.717, 1.165) is 16.9 Å². The smallest absolute Gasteiger partial charge is 0.154 e. The number of nitrogens with zero attached hydrogens (tertiary/aromatic N) is 3. The largest absolute Gasteiger partial charge is 0.371 e. The number of rotatable bonds is 2. The molecule has 3 rings (SSSR count). The maximum Gasteiger partial charge on any atom is 0.154 e. The fraction of sp³-hybridized carbons (Fsp3) is 0.500. The van der Waals surface area contributed by atoms with E-state index < -0.39 is 0 Å². The lowest BCUT2D eigenvalue weighted by molar-refractivity contribution is 0.587. The van der Waals surface area contributed by atoms with Crippen molar-refractivity contribution in [3.63, 3.8) is 0 Å². The van der Waals surface area contributed by atoms with Crippen LogP contribution in [-0.2, 0) is 0 Å². The van der Waals surface area contributed by atoms with Crippen molar-refractivity contribution in [2.24, 2.45) is 0 Å². The highest BCUT2D eigenvalue weighted by atomic mass is 127. The number of aromatic nitrogens is 3. The van der Waals surface area contributed by atoms with Gasteiger partial charge in [0.2, 0.25) is 0 Å². The topological polar surface area (TPSA) is 54.8 Å². The Hall–Kier alpha value is -0.890. The van der Waals surface area contributed by atoms with Crippen molar-refractivity contribution >= 4 is 39.7 Å². The fourth-order valence-corrected chi connectivity index (χ4v) is 3.41. The zero-order chi connectivity index (χ0) is 12.7. The Morgan fingerprint density at radius 2 is 2.28 bits per heavy atom. The van der Waals surface area contributed by atoms with Gasteiger partial charge < -0.3 is 10.6 Å². The molecule has 0 unspecified atom stereocenters. The van der Waals surface area contributed by atoms with Gasteiger partial charge in [0.15, 0.2) is 5.82 Å². The van der Waals surface area contributed by atoms with E-state index in [0.29, 0.717) is 12.1 Å². The Morgan fingerprint density at radius 3 is 2.94 bits per heavy atom. The summed E-state index contributed by atoms with van der Waals surface area (Å²) in [6, 6.07) is 1.01. The maximum absolute atomic E-state index is 4.46. The molecule has 1 saturated heterocycles. The molecule has 0 bridgehead atoms. The third-order valence-electron chi connectivity index (χ3n) is 3.55. The molecular formula is C12H16IN5. The van der Waals surface area contributed by atoms with Crippen LogP contribution in [0.1, 0.15) is 31.4 Å². The van der Waals surface area contributed by atoms with E-state index in [1.807, 2.05) is 7.05 Å². The molecule has 0 amide bonds. The molecule has 3 heterocycles. The van der Waals surface area contributed by atoms with E-state index in [-0.39, 0.29) is 0 Å². The highest BCUT2D eigenvalue weighted by molar-refractivity contribution is 14.1. The summed E-state index contributed by atoms with van der Waals surface area (Å²) in [7, 11) is 1.89. The average Bonchev–Trinajstić information content (AvgIpc) is 2.94. The number of halogens is 1. The highest BCUT2D eigenvalue weighted by Crippen LogP contribution is 2.34. The Morgan fingerprint density at radius 1 is 1.44 bits per heavy atom. The van der Waals surface area contributed by atoms with Crippen LogP contribution in [0.2, 0.25) is 0 Å². The molecule has 5 nitrogen and oxygen atoms in total. The first kappa shape index (κ1) is 12.2. The maximum atomic E-state index is 4.46. The highest BCUT2D eigenvalue weighted by Gasteiger charge is 2.26. The number of anilines is 1. The minimum atomic E-state index is 0.415. The van der Waals surface area contributed by atoms with Gasteiger partial charge in [-0.05, 0) is 19.8 Å². The lowest BCUT2D eigenvalue weighted by Gasteiger charge is -2.10. The van der Waals surface area contributed by atoms with Crippen molar-refractivity contribution in [2.75, 3.05) is 12.4 Å². The van der Waals surface area contributed by atoms with Crippen molar-refractivity contribution in [3.8, 4) is 0 Å². The molecule has 0 aromatic carbocycles. The molecular weight excluding hydrogens is 341 g/mol. The number of nitrogens with one attached hydrogen (secondary N) is 2. The van der Waals surface area contributed by atoms with Crippen molar-refractivity contribution < 1.29 is 0 Å². The quantitative estimate of drug-likeness (QED) is 0.811. The minimum Gasteiger partial charge on any atom is -0.371 e. The van der Waals surface area contributed by atoms with Gasteiger partial charge >= 0.3 is 0 Å². The van der Waals surface area contributed by atoms with Gasteiger partial charge in [-0.25, -0.2) is 9.97 Å². The Kier molecular flexibility index (Phi) is 3.14. The molecule has 1 fully saturated rings. The molecule has 2 atom stereocenters. The molecule has 0 aliphatic carbocycles. The second-order valence-electron chi connectivity index (χ2n) is 4.76. The molecule has 96 valence electrons. The molecule has 0 saturated carbocycles. The Bertz CT molecular complexity index is 579. The number of fused-ring (bicyclic) bond motifs is 1. The van der Waals surface area contributed by atoms with Crippen LogP contribution >= 0.6 is 22.9 Å². The van der Waals surface area contributed by atoms with Gasteiger partial charge in [-0.3, -0.25) is 2.78 Å². The van der Waals surface area contributed by atoms with Gasteiger partial charge in [-0.2, -0.15) is 0 Å². The van der Waals surface area contributed by atoms with E-state index in [9.17, 15) is 0 Å². The predicted octanol–water partition coefficient (Wildman–Crippen LogP) is 2.48. The molecule has 1 aliphatic rings. The first-order chi connectivity index (χ1) is 8.70. The molecule has 2 aromatic heterocycles. The summed E-state index contributed by atoms with van der Waals surface area (Å²) in [6.07, 6.45) is 6.20. The molecule has 2 N–H and O–H groups in total. The average molecular weight is 357 g/mol. The summed E-state index contributed by atoms with van der Waals surface area (Å²) in [5.74, 6) is 0.881. The van der Waals surface area contributed by atoms with Gasteiger partial charge in [0.25, 0.3) is 0 Å². The van der Waals surface area contributed by atoms with Crippen LogP contribution in [-0.4, -0.2) is 25.8 Å². The van der Waals surface area contributed by atoms with Crippen molar-refractivity contribution in [2.45, 2.75) is 31.8 Å². The standard InChI is InChI=1S/C12H16IN5/c1-7-3-4-9(17-7)8-5-18(13)11-10(8)15-6-16-12(11)14-2/h5-7,9,17H,3-4H2,1-2H3,(H,14,15,16)/t7-,9-/m1/s1. The molecule has 0 radical (unpaired) electrons. The van der Waals surface area contributed by atoms with E-state index in [1.165, 1.54) is 18.4 Å². The summed E-state index contributed by atoms with van der Waals surface area (Å²) in [5, 5.41) is 6.74. The molecule has 6 heteroatoms. The van der Waals surface area contributed by atoms with Gasteiger partial charge in [-0.1, -0.05) is 0 Å². The SMILES string of the molecule is CNc1ncnc2c([C@H]3CC[C@@H](C)N3)cn(I)c12. The van der Waals surface area contributed by atoms with Crippen LogP contribution in [0.15, 0.2) is 12.5 Å². The van der Waals surface area contributed by atoms with Crippen molar-refractivity contribution in [1.29, 1.82) is 0 Å². The molecule has 2 aromatic rings.